The molecule has 0 unspecified atom stereocenters. The first-order chi connectivity index (χ1) is 14.6. The van der Waals surface area contributed by atoms with Gasteiger partial charge in [0.25, 0.3) is 17.5 Å². The van der Waals surface area contributed by atoms with E-state index >= 15 is 0 Å². The zero-order valence-corrected chi connectivity index (χ0v) is 16.9. The summed E-state index contributed by atoms with van der Waals surface area (Å²) in [7, 11) is 0. The summed E-state index contributed by atoms with van der Waals surface area (Å²) in [6.07, 6.45) is 0. The van der Waals surface area contributed by atoms with E-state index < -0.39 is 35.3 Å². The Morgan fingerprint density at radius 1 is 1.03 bits per heavy atom. The number of hydrogen-bond donors (Lipinski definition) is 3. The van der Waals surface area contributed by atoms with Crippen LogP contribution in [0.25, 0.3) is 0 Å². The number of carbonyl (C=O) groups is 4. The summed E-state index contributed by atoms with van der Waals surface area (Å²) < 4.78 is 9.84. The van der Waals surface area contributed by atoms with Crippen molar-refractivity contribution in [1.29, 1.82) is 0 Å². The molecule has 2 aromatic rings. The molecule has 31 heavy (non-hydrogen) atoms. The maximum Gasteiger partial charge on any atom is 0.355 e. The van der Waals surface area contributed by atoms with E-state index in [1.165, 1.54) is 19.1 Å². The van der Waals surface area contributed by atoms with Gasteiger partial charge in [0, 0.05) is 23.4 Å². The van der Waals surface area contributed by atoms with E-state index in [4.69, 9.17) is 9.47 Å². The van der Waals surface area contributed by atoms with Gasteiger partial charge in [-0.05, 0) is 38.5 Å². The predicted molar refractivity (Wildman–Crippen MR) is 105 cm³/mol. The third-order valence-electron chi connectivity index (χ3n) is 4.11. The lowest BCUT2D eigenvalue weighted by Gasteiger charge is -2.08. The van der Waals surface area contributed by atoms with Crippen LogP contribution in [0.2, 0.25) is 0 Å². The predicted octanol–water partition coefficient (Wildman–Crippen LogP) is 1.33. The van der Waals surface area contributed by atoms with Gasteiger partial charge in [-0.15, -0.1) is 0 Å². The topological polar surface area (TPSA) is 170 Å². The average molecular weight is 432 g/mol. The molecule has 1 aromatic heterocycles. The van der Waals surface area contributed by atoms with E-state index in [-0.39, 0.29) is 29.1 Å². The Labute approximate surface area is 176 Å². The number of nitro groups is 1. The van der Waals surface area contributed by atoms with Gasteiger partial charge in [-0.1, -0.05) is 0 Å². The molecule has 0 saturated heterocycles. The number of H-pyrrole nitrogens is 1. The number of non-ortho nitro benzene ring substituents is 1. The fourth-order valence-electron chi connectivity index (χ4n) is 2.64. The number of hydrazine groups is 1. The molecule has 2 rings (SSSR count). The van der Waals surface area contributed by atoms with Crippen LogP contribution in [0.3, 0.4) is 0 Å². The van der Waals surface area contributed by atoms with Gasteiger partial charge in [0.05, 0.1) is 17.1 Å². The van der Waals surface area contributed by atoms with Crippen LogP contribution < -0.4 is 10.9 Å². The van der Waals surface area contributed by atoms with Crippen LogP contribution in [0.4, 0.5) is 5.69 Å². The molecule has 0 aliphatic rings. The second kappa shape index (κ2) is 10.0. The highest BCUT2D eigenvalue weighted by Crippen LogP contribution is 2.19. The Morgan fingerprint density at radius 3 is 2.26 bits per heavy atom. The zero-order valence-electron chi connectivity index (χ0n) is 16.9. The molecule has 1 heterocycles. The molecule has 1 aromatic carbocycles. The molecular formula is C19H20N4O8. The second-order valence-corrected chi connectivity index (χ2v) is 6.23. The van der Waals surface area contributed by atoms with Gasteiger partial charge in [0.2, 0.25) is 0 Å². The van der Waals surface area contributed by atoms with Gasteiger partial charge in [0.15, 0.2) is 6.61 Å². The number of carbonyl (C=O) groups excluding carboxylic acids is 4. The van der Waals surface area contributed by atoms with Gasteiger partial charge in [-0.25, -0.2) is 9.59 Å². The second-order valence-electron chi connectivity index (χ2n) is 6.23. The van der Waals surface area contributed by atoms with Crippen molar-refractivity contribution in [2.45, 2.75) is 20.8 Å². The van der Waals surface area contributed by atoms with Crippen molar-refractivity contribution in [2.75, 3.05) is 13.2 Å². The van der Waals surface area contributed by atoms with Crippen LogP contribution in [0, 0.1) is 24.0 Å². The zero-order chi connectivity index (χ0) is 23.1. The van der Waals surface area contributed by atoms with Crippen molar-refractivity contribution in [3.63, 3.8) is 0 Å². The summed E-state index contributed by atoms with van der Waals surface area (Å²) in [6.45, 7) is 4.26. The van der Waals surface area contributed by atoms with Gasteiger partial charge >= 0.3 is 11.9 Å². The van der Waals surface area contributed by atoms with Gasteiger partial charge in [-0.3, -0.25) is 30.6 Å². The number of aromatic amines is 1. The minimum Gasteiger partial charge on any atom is -0.462 e. The SMILES string of the molecule is CCOC(=O)c1c(C)[nH]c(C(=O)OCC(=O)NNC(=O)c2ccc([N+](=O)[O-])cc2)c1C. The van der Waals surface area contributed by atoms with E-state index in [9.17, 15) is 29.3 Å². The Morgan fingerprint density at radius 2 is 1.68 bits per heavy atom. The largest absolute Gasteiger partial charge is 0.462 e. The number of ether oxygens (including phenoxy) is 2. The summed E-state index contributed by atoms with van der Waals surface area (Å²) in [4.78, 5) is 60.7. The van der Waals surface area contributed by atoms with Crippen LogP contribution in [0.15, 0.2) is 24.3 Å². The molecule has 0 spiro atoms. The fourth-order valence-corrected chi connectivity index (χ4v) is 2.64. The van der Waals surface area contributed by atoms with Crippen molar-refractivity contribution in [1.82, 2.24) is 15.8 Å². The summed E-state index contributed by atoms with van der Waals surface area (Å²) >= 11 is 0. The Kier molecular flexibility index (Phi) is 7.44. The molecule has 0 aliphatic heterocycles. The average Bonchev–Trinajstić information content (AvgIpc) is 3.04. The normalized spacial score (nSPS) is 10.2. The molecule has 164 valence electrons. The first-order valence-corrected chi connectivity index (χ1v) is 9.02. The highest BCUT2D eigenvalue weighted by Gasteiger charge is 2.24. The summed E-state index contributed by atoms with van der Waals surface area (Å²) in [6, 6.07) is 4.72. The lowest BCUT2D eigenvalue weighted by Crippen LogP contribution is -2.43. The minimum absolute atomic E-state index is 0.00303. The molecule has 2 amide bonds. The maximum absolute atomic E-state index is 12.2. The monoisotopic (exact) mass is 432 g/mol. The summed E-state index contributed by atoms with van der Waals surface area (Å²) in [5.74, 6) is -2.99. The summed E-state index contributed by atoms with van der Waals surface area (Å²) in [5.41, 5.74) is 5.01. The number of nitrogens with zero attached hydrogens (tertiary/aromatic N) is 1. The van der Waals surface area contributed by atoms with Gasteiger partial charge in [0.1, 0.15) is 5.69 Å². The molecular weight excluding hydrogens is 412 g/mol. The van der Waals surface area contributed by atoms with E-state index in [1.54, 1.807) is 13.8 Å². The number of esters is 2. The molecule has 0 aliphatic carbocycles. The third kappa shape index (κ3) is 5.65. The number of aryl methyl sites for hydroxylation is 1. The van der Waals surface area contributed by atoms with E-state index in [2.05, 4.69) is 15.8 Å². The Hall–Kier alpha value is -4.22. The van der Waals surface area contributed by atoms with E-state index in [0.29, 0.717) is 11.3 Å². The molecule has 3 N–H and O–H groups in total. The molecule has 0 atom stereocenters. The van der Waals surface area contributed by atoms with Crippen molar-refractivity contribution >= 4 is 29.4 Å². The van der Waals surface area contributed by atoms with Crippen LogP contribution in [-0.2, 0) is 14.3 Å². The number of rotatable bonds is 7. The maximum atomic E-state index is 12.2. The molecule has 0 fully saturated rings. The first kappa shape index (κ1) is 23.1. The number of hydrogen-bond acceptors (Lipinski definition) is 8. The highest BCUT2D eigenvalue weighted by atomic mass is 16.6. The van der Waals surface area contributed by atoms with E-state index in [1.807, 2.05) is 0 Å². The summed E-state index contributed by atoms with van der Waals surface area (Å²) in [5, 5.41) is 10.6. The fraction of sp³-hybridized carbons (Fsp3) is 0.263. The number of nitro benzene ring substituents is 1. The first-order valence-electron chi connectivity index (χ1n) is 9.02. The molecule has 12 heteroatoms. The number of aromatic nitrogens is 1. The molecule has 0 radical (unpaired) electrons. The molecule has 0 saturated carbocycles. The Balaban J connectivity index is 1.89. The molecule has 0 bridgehead atoms. The quantitative estimate of drug-likeness (QED) is 0.334. The smallest absolute Gasteiger partial charge is 0.355 e. The number of amides is 2. The Bertz CT molecular complexity index is 1030. The van der Waals surface area contributed by atoms with Crippen LogP contribution in [0.5, 0.6) is 0 Å². The lowest BCUT2D eigenvalue weighted by molar-refractivity contribution is -0.384. The molecule has 12 nitrogen and oxygen atoms in total. The standard InChI is InChI=1S/C19H20N4O8/c1-4-30-18(26)15-10(2)16(20-11(15)3)19(27)31-9-14(24)21-22-17(25)12-5-7-13(8-6-12)23(28)29/h5-8,20H,4,9H2,1-3H3,(H,21,24)(H,22,25). The van der Waals surface area contributed by atoms with Crippen molar-refractivity contribution in [3.05, 3.63) is 62.5 Å². The van der Waals surface area contributed by atoms with Crippen molar-refractivity contribution in [3.8, 4) is 0 Å². The van der Waals surface area contributed by atoms with Crippen LogP contribution >= 0.6 is 0 Å². The van der Waals surface area contributed by atoms with Crippen molar-refractivity contribution < 1.29 is 33.6 Å². The van der Waals surface area contributed by atoms with Gasteiger partial charge in [-0.2, -0.15) is 0 Å². The minimum atomic E-state index is -0.868. The van der Waals surface area contributed by atoms with E-state index in [0.717, 1.165) is 12.1 Å². The van der Waals surface area contributed by atoms with Gasteiger partial charge < -0.3 is 14.5 Å². The van der Waals surface area contributed by atoms with Crippen molar-refractivity contribution in [2.24, 2.45) is 0 Å². The van der Waals surface area contributed by atoms with Crippen LogP contribution in [-0.4, -0.2) is 46.9 Å². The number of benzene rings is 1. The third-order valence-corrected chi connectivity index (χ3v) is 4.11. The lowest BCUT2D eigenvalue weighted by atomic mass is 10.1. The van der Waals surface area contributed by atoms with Crippen LogP contribution in [0.1, 0.15) is 49.4 Å². The number of nitrogens with one attached hydrogen (secondary N) is 3. The highest BCUT2D eigenvalue weighted by molar-refractivity contribution is 5.99.